The number of rotatable bonds is 4. The first-order valence-corrected chi connectivity index (χ1v) is 6.24. The highest BCUT2D eigenvalue weighted by Gasteiger charge is 2.18. The molecule has 1 atom stereocenters. The zero-order valence-electron chi connectivity index (χ0n) is 11.6. The van der Waals surface area contributed by atoms with Crippen molar-refractivity contribution in [1.82, 2.24) is 20.0 Å². The fraction of sp³-hybridized carbons (Fsp3) is 0.231. The molecular weight excluding hydrogens is 274 g/mol. The number of carbonyl (C=O) groups is 3. The molecule has 0 aliphatic rings. The summed E-state index contributed by atoms with van der Waals surface area (Å²) in [6.07, 6.45) is 1.43. The van der Waals surface area contributed by atoms with Crippen LogP contribution in [-0.4, -0.2) is 40.2 Å². The summed E-state index contributed by atoms with van der Waals surface area (Å²) in [6.45, 7) is 1.48. The molecule has 0 saturated heterocycles. The number of aromatic nitrogens is 2. The molecule has 0 bridgehead atoms. The van der Waals surface area contributed by atoms with Gasteiger partial charge < -0.3 is 16.4 Å². The van der Waals surface area contributed by atoms with Gasteiger partial charge in [-0.05, 0) is 19.1 Å². The van der Waals surface area contributed by atoms with Gasteiger partial charge in [-0.1, -0.05) is 6.07 Å². The first kappa shape index (κ1) is 14.5. The van der Waals surface area contributed by atoms with Crippen molar-refractivity contribution in [3.05, 3.63) is 35.8 Å². The molecule has 2 aromatic rings. The van der Waals surface area contributed by atoms with Crippen LogP contribution in [0.5, 0.6) is 0 Å². The minimum absolute atomic E-state index is 0.0967. The molecule has 2 aromatic heterocycles. The average Bonchev–Trinajstić information content (AvgIpc) is 2.90. The van der Waals surface area contributed by atoms with Crippen LogP contribution in [0.2, 0.25) is 0 Å². The molecule has 4 N–H and O–H groups in total. The summed E-state index contributed by atoms with van der Waals surface area (Å²) in [7, 11) is 1.51. The summed E-state index contributed by atoms with van der Waals surface area (Å²) in [5.74, 6) is -1.47. The van der Waals surface area contributed by atoms with Crippen LogP contribution in [0.15, 0.2) is 24.4 Å². The molecule has 110 valence electrons. The van der Waals surface area contributed by atoms with E-state index < -0.39 is 17.9 Å². The highest BCUT2D eigenvalue weighted by atomic mass is 16.2. The Hall–Kier alpha value is -2.90. The highest BCUT2D eigenvalue weighted by molar-refractivity contribution is 5.97. The summed E-state index contributed by atoms with van der Waals surface area (Å²) in [5.41, 5.74) is 5.99. The third kappa shape index (κ3) is 2.83. The van der Waals surface area contributed by atoms with Gasteiger partial charge in [0.2, 0.25) is 5.91 Å². The number of hydrogen-bond donors (Lipinski definition) is 3. The van der Waals surface area contributed by atoms with Gasteiger partial charge in [0.25, 0.3) is 11.8 Å². The lowest BCUT2D eigenvalue weighted by Crippen LogP contribution is -2.42. The van der Waals surface area contributed by atoms with Crippen molar-refractivity contribution < 1.29 is 14.4 Å². The van der Waals surface area contributed by atoms with E-state index in [2.05, 4.69) is 15.6 Å². The minimum atomic E-state index is -0.805. The number of nitrogens with one attached hydrogen (secondary N) is 2. The number of imidazole rings is 1. The molecule has 0 aromatic carbocycles. The predicted octanol–water partition coefficient (Wildman–Crippen LogP) is -0.702. The van der Waals surface area contributed by atoms with E-state index in [1.807, 2.05) is 0 Å². The van der Waals surface area contributed by atoms with E-state index in [0.717, 1.165) is 0 Å². The zero-order valence-corrected chi connectivity index (χ0v) is 11.6. The van der Waals surface area contributed by atoms with Crippen molar-refractivity contribution in [2.24, 2.45) is 5.73 Å². The van der Waals surface area contributed by atoms with Crippen LogP contribution in [0.1, 0.15) is 27.9 Å². The molecule has 0 radical (unpaired) electrons. The maximum absolute atomic E-state index is 12.0. The summed E-state index contributed by atoms with van der Waals surface area (Å²) in [4.78, 5) is 38.8. The number of hydrogen-bond acceptors (Lipinski definition) is 4. The Morgan fingerprint density at radius 2 is 2.00 bits per heavy atom. The van der Waals surface area contributed by atoms with Gasteiger partial charge >= 0.3 is 0 Å². The van der Waals surface area contributed by atoms with Crippen molar-refractivity contribution in [2.75, 3.05) is 7.05 Å². The lowest BCUT2D eigenvalue weighted by atomic mass is 10.3. The maximum Gasteiger partial charge on any atom is 0.272 e. The van der Waals surface area contributed by atoms with E-state index in [1.165, 1.54) is 24.6 Å². The Morgan fingerprint density at radius 3 is 2.62 bits per heavy atom. The molecule has 8 nitrogen and oxygen atoms in total. The molecule has 8 heteroatoms. The van der Waals surface area contributed by atoms with E-state index in [9.17, 15) is 14.4 Å². The molecule has 1 unspecified atom stereocenters. The van der Waals surface area contributed by atoms with E-state index in [-0.39, 0.29) is 11.6 Å². The Morgan fingerprint density at radius 1 is 1.29 bits per heavy atom. The monoisotopic (exact) mass is 289 g/mol. The molecule has 0 spiro atoms. The first-order chi connectivity index (χ1) is 9.93. The van der Waals surface area contributed by atoms with Gasteiger partial charge in [0.05, 0.1) is 0 Å². The van der Waals surface area contributed by atoms with Crippen LogP contribution in [0, 0.1) is 0 Å². The Balaban J connectivity index is 2.37. The molecule has 0 aliphatic carbocycles. The van der Waals surface area contributed by atoms with Crippen LogP contribution >= 0.6 is 0 Å². The summed E-state index contributed by atoms with van der Waals surface area (Å²) < 4.78 is 1.50. The smallest absolute Gasteiger partial charge is 0.272 e. The van der Waals surface area contributed by atoms with Crippen molar-refractivity contribution in [1.29, 1.82) is 0 Å². The van der Waals surface area contributed by atoms with E-state index in [4.69, 9.17) is 5.73 Å². The molecule has 0 fully saturated rings. The lowest BCUT2D eigenvalue weighted by molar-refractivity contribution is -0.119. The van der Waals surface area contributed by atoms with Crippen molar-refractivity contribution in [3.63, 3.8) is 0 Å². The van der Waals surface area contributed by atoms with Gasteiger partial charge in [0.15, 0.2) is 0 Å². The van der Waals surface area contributed by atoms with E-state index in [0.29, 0.717) is 11.3 Å². The third-order valence-corrected chi connectivity index (χ3v) is 2.96. The maximum atomic E-state index is 12.0. The van der Waals surface area contributed by atoms with Crippen LogP contribution in [-0.2, 0) is 4.79 Å². The van der Waals surface area contributed by atoms with Gasteiger partial charge in [0, 0.05) is 13.2 Å². The van der Waals surface area contributed by atoms with Gasteiger partial charge in [-0.25, -0.2) is 4.98 Å². The van der Waals surface area contributed by atoms with Crippen LogP contribution in [0.3, 0.4) is 0 Å². The molecule has 2 heterocycles. The van der Waals surface area contributed by atoms with Crippen LogP contribution in [0.25, 0.3) is 5.65 Å². The number of primary amides is 1. The zero-order chi connectivity index (χ0) is 15.6. The highest BCUT2D eigenvalue weighted by Crippen LogP contribution is 2.09. The van der Waals surface area contributed by atoms with Crippen molar-refractivity contribution in [2.45, 2.75) is 13.0 Å². The Labute approximate surface area is 120 Å². The fourth-order valence-electron chi connectivity index (χ4n) is 1.77. The minimum Gasteiger partial charge on any atom is -0.368 e. The lowest BCUT2D eigenvalue weighted by Gasteiger charge is -2.07. The van der Waals surface area contributed by atoms with Crippen molar-refractivity contribution >= 4 is 23.4 Å². The van der Waals surface area contributed by atoms with Gasteiger partial charge in [0.1, 0.15) is 23.1 Å². The summed E-state index contributed by atoms with van der Waals surface area (Å²) in [6, 6.07) is 4.14. The Bertz CT molecular complexity index is 722. The first-order valence-electron chi connectivity index (χ1n) is 6.24. The quantitative estimate of drug-likeness (QED) is 0.689. The molecule has 2 rings (SSSR count). The number of nitrogens with two attached hydrogens (primary N) is 1. The van der Waals surface area contributed by atoms with Gasteiger partial charge in [-0.3, -0.25) is 18.8 Å². The normalized spacial score (nSPS) is 11.9. The van der Waals surface area contributed by atoms with E-state index in [1.54, 1.807) is 18.2 Å². The predicted molar refractivity (Wildman–Crippen MR) is 74.7 cm³/mol. The molecule has 21 heavy (non-hydrogen) atoms. The average molecular weight is 289 g/mol. The molecule has 3 amide bonds. The number of nitrogens with zero attached hydrogens (tertiary/aromatic N) is 2. The number of fused-ring (bicyclic) bond motifs is 1. The Kier molecular flexibility index (Phi) is 3.88. The molecular formula is C13H15N5O3. The standard InChI is InChI=1S/C13H15N5O3/c1-7(11(14)19)16-12(20)8-6-18-9(13(21)15-2)4-3-5-10(18)17-8/h3-7H,1-2H3,(H2,14,19)(H,15,21)(H,16,20). The second-order valence-corrected chi connectivity index (χ2v) is 4.44. The van der Waals surface area contributed by atoms with Gasteiger partial charge in [-0.15, -0.1) is 0 Å². The number of pyridine rings is 1. The second-order valence-electron chi connectivity index (χ2n) is 4.44. The van der Waals surface area contributed by atoms with E-state index >= 15 is 0 Å². The summed E-state index contributed by atoms with van der Waals surface area (Å²) >= 11 is 0. The second kappa shape index (κ2) is 5.61. The molecule has 0 aliphatic heterocycles. The number of carbonyl (C=O) groups excluding carboxylic acids is 3. The number of amides is 3. The topological polar surface area (TPSA) is 119 Å². The van der Waals surface area contributed by atoms with Gasteiger partial charge in [-0.2, -0.15) is 0 Å². The molecule has 0 saturated carbocycles. The largest absolute Gasteiger partial charge is 0.368 e. The van der Waals surface area contributed by atoms with Crippen LogP contribution in [0.4, 0.5) is 0 Å². The van der Waals surface area contributed by atoms with Crippen LogP contribution < -0.4 is 16.4 Å². The van der Waals surface area contributed by atoms with Crippen molar-refractivity contribution in [3.8, 4) is 0 Å². The fourth-order valence-corrected chi connectivity index (χ4v) is 1.77. The summed E-state index contributed by atoms with van der Waals surface area (Å²) in [5, 5.41) is 4.94. The third-order valence-electron chi connectivity index (χ3n) is 2.96. The SMILES string of the molecule is CNC(=O)c1cccc2nc(C(=O)NC(C)C(N)=O)cn12.